The monoisotopic (exact) mass is 282 g/mol. The smallest absolute Gasteiger partial charge is 0.417 e. The number of alkyl halides is 3. The minimum atomic E-state index is -4.93. The van der Waals surface area contributed by atoms with Crippen molar-refractivity contribution in [3.63, 3.8) is 0 Å². The maximum atomic E-state index is 12.6. The molecule has 1 N–H and O–H groups in total. The zero-order valence-electron chi connectivity index (χ0n) is 8.91. The van der Waals surface area contributed by atoms with Gasteiger partial charge in [-0.3, -0.25) is 4.72 Å². The second kappa shape index (κ2) is 4.48. The normalized spacial score (nSPS) is 12.2. The molecule has 0 fully saturated rings. The van der Waals surface area contributed by atoms with Crippen LogP contribution in [0.15, 0.2) is 18.2 Å². The van der Waals surface area contributed by atoms with Crippen LogP contribution in [0.25, 0.3) is 0 Å². The van der Waals surface area contributed by atoms with Gasteiger partial charge in [0.05, 0.1) is 17.8 Å². The molecule has 0 aromatic heterocycles. The van der Waals surface area contributed by atoms with Gasteiger partial charge in [0.15, 0.2) is 0 Å². The fourth-order valence-electron chi connectivity index (χ4n) is 1.23. The van der Waals surface area contributed by atoms with Crippen LogP contribution in [0.1, 0.15) is 15.9 Å². The van der Waals surface area contributed by atoms with E-state index >= 15 is 0 Å². The minimum Gasteiger partial charge on any atom is -0.545 e. The lowest BCUT2D eigenvalue weighted by atomic mass is 10.1. The first kappa shape index (κ1) is 14.3. The average molecular weight is 282 g/mol. The number of halogens is 3. The van der Waals surface area contributed by atoms with E-state index < -0.39 is 33.3 Å². The van der Waals surface area contributed by atoms with Crippen molar-refractivity contribution >= 4 is 21.7 Å². The Bertz CT molecular complexity index is 580. The Hall–Kier alpha value is -1.77. The van der Waals surface area contributed by atoms with Gasteiger partial charge in [0.25, 0.3) is 0 Å². The summed E-state index contributed by atoms with van der Waals surface area (Å²) in [5, 5.41) is 10.5. The molecule has 0 heterocycles. The summed E-state index contributed by atoms with van der Waals surface area (Å²) in [5.74, 6) is -1.99. The van der Waals surface area contributed by atoms with E-state index in [9.17, 15) is 31.5 Å². The minimum absolute atomic E-state index is 0.380. The van der Waals surface area contributed by atoms with Gasteiger partial charge in [-0.1, -0.05) is 6.07 Å². The van der Waals surface area contributed by atoms with Gasteiger partial charge in [-0.05, 0) is 12.1 Å². The summed E-state index contributed by atoms with van der Waals surface area (Å²) in [5.41, 5.74) is -2.91. The highest BCUT2D eigenvalue weighted by molar-refractivity contribution is 7.92. The molecule has 0 amide bonds. The lowest BCUT2D eigenvalue weighted by molar-refractivity contribution is -0.255. The van der Waals surface area contributed by atoms with Crippen LogP contribution < -0.4 is 9.83 Å². The quantitative estimate of drug-likeness (QED) is 0.871. The number of sulfonamides is 1. The van der Waals surface area contributed by atoms with Crippen LogP contribution in [0.5, 0.6) is 0 Å². The second-order valence-electron chi connectivity index (χ2n) is 3.42. The molecule has 0 atom stereocenters. The van der Waals surface area contributed by atoms with Gasteiger partial charge in [0, 0.05) is 11.3 Å². The number of rotatable bonds is 3. The maximum Gasteiger partial charge on any atom is 0.417 e. The molecule has 5 nitrogen and oxygen atoms in total. The number of carboxylic acids is 1. The molecule has 0 aliphatic heterocycles. The number of carbonyl (C=O) groups is 1. The third-order valence-electron chi connectivity index (χ3n) is 1.85. The third kappa shape index (κ3) is 3.62. The number of benzene rings is 1. The average Bonchev–Trinajstić information content (AvgIpc) is 2.13. The van der Waals surface area contributed by atoms with Crippen LogP contribution in [0.3, 0.4) is 0 Å². The Morgan fingerprint density at radius 2 is 1.89 bits per heavy atom. The highest BCUT2D eigenvalue weighted by Gasteiger charge is 2.34. The summed E-state index contributed by atoms with van der Waals surface area (Å²) in [7, 11) is -3.75. The summed E-state index contributed by atoms with van der Waals surface area (Å²) in [6.45, 7) is 0. The van der Waals surface area contributed by atoms with Gasteiger partial charge in [0.2, 0.25) is 10.0 Å². The predicted octanol–water partition coefficient (Wildman–Crippen LogP) is 0.440. The summed E-state index contributed by atoms with van der Waals surface area (Å²) in [6.07, 6.45) is -4.17. The van der Waals surface area contributed by atoms with Crippen molar-refractivity contribution in [1.82, 2.24) is 0 Å². The van der Waals surface area contributed by atoms with Crippen LogP contribution in [-0.2, 0) is 16.2 Å². The number of nitrogens with one attached hydrogen (secondary N) is 1. The molecule has 0 spiro atoms. The van der Waals surface area contributed by atoms with E-state index in [0.29, 0.717) is 12.1 Å². The van der Waals surface area contributed by atoms with Gasteiger partial charge < -0.3 is 9.90 Å². The molecular weight excluding hydrogens is 275 g/mol. The van der Waals surface area contributed by atoms with Crippen molar-refractivity contribution in [2.24, 2.45) is 0 Å². The fraction of sp³-hybridized carbons (Fsp3) is 0.222. The van der Waals surface area contributed by atoms with Gasteiger partial charge in [-0.2, -0.15) is 13.2 Å². The van der Waals surface area contributed by atoms with E-state index in [0.717, 1.165) is 12.3 Å². The molecular formula is C9H7F3NO4S-. The molecule has 9 heteroatoms. The Balaban J connectivity index is 3.35. The van der Waals surface area contributed by atoms with Gasteiger partial charge >= 0.3 is 6.18 Å². The largest absolute Gasteiger partial charge is 0.545 e. The van der Waals surface area contributed by atoms with E-state index in [1.807, 2.05) is 4.72 Å². The Morgan fingerprint density at radius 3 is 2.28 bits per heavy atom. The Labute approximate surface area is 100 Å². The highest BCUT2D eigenvalue weighted by Crippen LogP contribution is 2.33. The molecule has 0 aliphatic rings. The van der Waals surface area contributed by atoms with Gasteiger partial charge in [-0.15, -0.1) is 0 Å². The molecule has 1 rings (SSSR count). The summed E-state index contributed by atoms with van der Waals surface area (Å²) in [4.78, 5) is 10.5. The predicted molar refractivity (Wildman–Crippen MR) is 54.2 cm³/mol. The second-order valence-corrected chi connectivity index (χ2v) is 5.17. The topological polar surface area (TPSA) is 86.3 Å². The van der Waals surface area contributed by atoms with E-state index in [1.54, 1.807) is 0 Å². The van der Waals surface area contributed by atoms with Crippen LogP contribution >= 0.6 is 0 Å². The molecule has 1 aromatic carbocycles. The van der Waals surface area contributed by atoms with Crippen LogP contribution in [-0.4, -0.2) is 20.6 Å². The molecule has 0 saturated heterocycles. The maximum absolute atomic E-state index is 12.6. The SMILES string of the molecule is CS(=O)(=O)Nc1ccc(C(=O)[O-])c(C(F)(F)F)c1. The first-order valence-corrected chi connectivity index (χ1v) is 6.30. The Kier molecular flexibility index (Phi) is 3.56. The van der Waals surface area contributed by atoms with Gasteiger partial charge in [-0.25, -0.2) is 8.42 Å². The molecule has 100 valence electrons. The lowest BCUT2D eigenvalue weighted by Gasteiger charge is -2.15. The third-order valence-corrected chi connectivity index (χ3v) is 2.45. The molecule has 0 aliphatic carbocycles. The first-order chi connectivity index (χ1) is 8.00. The number of hydrogen-bond donors (Lipinski definition) is 1. The summed E-state index contributed by atoms with van der Waals surface area (Å²) < 4.78 is 61.2. The summed E-state index contributed by atoms with van der Waals surface area (Å²) in [6, 6.07) is 1.93. The van der Waals surface area contributed by atoms with E-state index in [2.05, 4.69) is 0 Å². The molecule has 0 bridgehead atoms. The number of carbonyl (C=O) groups excluding carboxylic acids is 1. The number of anilines is 1. The van der Waals surface area contributed by atoms with Crippen molar-refractivity contribution < 1.29 is 31.5 Å². The van der Waals surface area contributed by atoms with E-state index in [4.69, 9.17) is 0 Å². The zero-order chi connectivity index (χ0) is 14.1. The van der Waals surface area contributed by atoms with Crippen molar-refractivity contribution in [3.05, 3.63) is 29.3 Å². The fourth-order valence-corrected chi connectivity index (χ4v) is 1.79. The van der Waals surface area contributed by atoms with Gasteiger partial charge in [0.1, 0.15) is 0 Å². The molecule has 18 heavy (non-hydrogen) atoms. The number of carboxylic acid groups (broad SMARTS) is 1. The van der Waals surface area contributed by atoms with Crippen LogP contribution in [0.2, 0.25) is 0 Å². The highest BCUT2D eigenvalue weighted by atomic mass is 32.2. The number of aromatic carboxylic acids is 1. The standard InChI is InChI=1S/C9H8F3NO4S/c1-18(16,17)13-5-2-3-6(8(14)15)7(4-5)9(10,11)12/h2-4,13H,1H3,(H,14,15)/p-1. The Morgan fingerprint density at radius 1 is 1.33 bits per heavy atom. The van der Waals surface area contributed by atoms with Crippen molar-refractivity contribution in [1.29, 1.82) is 0 Å². The molecule has 0 radical (unpaired) electrons. The van der Waals surface area contributed by atoms with Crippen LogP contribution in [0, 0.1) is 0 Å². The zero-order valence-corrected chi connectivity index (χ0v) is 9.72. The summed E-state index contributed by atoms with van der Waals surface area (Å²) >= 11 is 0. The molecule has 0 saturated carbocycles. The lowest BCUT2D eigenvalue weighted by Crippen LogP contribution is -2.26. The van der Waals surface area contributed by atoms with Crippen molar-refractivity contribution in [3.8, 4) is 0 Å². The van der Waals surface area contributed by atoms with Crippen molar-refractivity contribution in [2.75, 3.05) is 11.0 Å². The van der Waals surface area contributed by atoms with E-state index in [-0.39, 0.29) is 5.69 Å². The first-order valence-electron chi connectivity index (χ1n) is 4.41. The molecule has 0 unspecified atom stereocenters. The number of hydrogen-bond acceptors (Lipinski definition) is 4. The van der Waals surface area contributed by atoms with Crippen molar-refractivity contribution in [2.45, 2.75) is 6.18 Å². The van der Waals surface area contributed by atoms with Crippen LogP contribution in [0.4, 0.5) is 18.9 Å². The molecule has 1 aromatic rings. The van der Waals surface area contributed by atoms with E-state index in [1.165, 1.54) is 0 Å².